The quantitative estimate of drug-likeness (QED) is 0.387. The normalized spacial score (nSPS) is 16.5. The van der Waals surface area contributed by atoms with Gasteiger partial charge in [0.1, 0.15) is 0 Å². The minimum absolute atomic E-state index is 0.869. The van der Waals surface area contributed by atoms with Crippen LogP contribution >= 0.6 is 21.2 Å². The third-order valence-corrected chi connectivity index (χ3v) is 2.77. The molecule has 0 amide bonds. The molecule has 0 bridgehead atoms. The zero-order chi connectivity index (χ0) is 8.55. The summed E-state index contributed by atoms with van der Waals surface area (Å²) in [6.45, 7) is 1.88. The van der Waals surface area contributed by atoms with Crippen LogP contribution in [0.3, 0.4) is 0 Å². The van der Waals surface area contributed by atoms with Crippen LogP contribution in [0.1, 0.15) is 11.3 Å². The summed E-state index contributed by atoms with van der Waals surface area (Å²) in [7, 11) is 2.69. The molecule has 3 nitrogen and oxygen atoms in total. The number of thioether (sulfide) groups is 1. The van der Waals surface area contributed by atoms with Crippen molar-refractivity contribution in [3.05, 3.63) is 17.5 Å². The number of hydrogen-bond acceptors (Lipinski definition) is 4. The Labute approximate surface area is 78.2 Å². The number of rotatable bonds is 1. The van der Waals surface area contributed by atoms with Gasteiger partial charge in [0, 0.05) is 24.8 Å². The Morgan fingerprint density at radius 1 is 1.58 bits per heavy atom. The number of hydrogen-bond donors (Lipinski definition) is 0. The second kappa shape index (κ2) is 3.29. The van der Waals surface area contributed by atoms with Crippen LogP contribution in [-0.4, -0.2) is 20.9 Å². The maximum Gasteiger partial charge on any atom is 0.187 e. The Bertz CT molecular complexity index is 305. The zero-order valence-electron chi connectivity index (χ0n) is 6.82. The lowest BCUT2D eigenvalue weighted by Gasteiger charge is -2.01. The van der Waals surface area contributed by atoms with Crippen LogP contribution in [0.25, 0.3) is 0 Å². The van der Waals surface area contributed by atoms with E-state index in [1.54, 1.807) is 11.8 Å². The lowest BCUT2D eigenvalue weighted by atomic mass is 10.3. The molecule has 1 aromatic heterocycles. The van der Waals surface area contributed by atoms with E-state index in [-0.39, 0.29) is 0 Å². The monoisotopic (exact) mass is 199 g/mol. The molecule has 0 aromatic carbocycles. The van der Waals surface area contributed by atoms with Crippen molar-refractivity contribution in [1.29, 1.82) is 0 Å². The first kappa shape index (κ1) is 8.42. The molecule has 64 valence electrons. The van der Waals surface area contributed by atoms with Gasteiger partial charge in [-0.3, -0.25) is 4.67 Å². The van der Waals surface area contributed by atoms with Crippen LogP contribution in [0.15, 0.2) is 11.4 Å². The van der Waals surface area contributed by atoms with Gasteiger partial charge < -0.3 is 0 Å². The molecule has 2 rings (SSSR count). The number of aromatic nitrogens is 2. The third kappa shape index (κ3) is 1.47. The Morgan fingerprint density at radius 3 is 3.17 bits per heavy atom. The molecule has 0 fully saturated rings. The highest BCUT2D eigenvalue weighted by atomic mass is 32.2. The summed E-state index contributed by atoms with van der Waals surface area (Å²) in [4.78, 5) is 8.64. The summed E-state index contributed by atoms with van der Waals surface area (Å²) < 4.78 is 2.16. The van der Waals surface area contributed by atoms with Crippen LogP contribution in [0.5, 0.6) is 0 Å². The van der Waals surface area contributed by atoms with Crippen LogP contribution in [-0.2, 0) is 13.1 Å². The molecule has 1 aliphatic rings. The van der Waals surface area contributed by atoms with Gasteiger partial charge in [-0.15, -0.1) is 0 Å². The molecule has 12 heavy (non-hydrogen) atoms. The average molecular weight is 199 g/mol. The second-order valence-electron chi connectivity index (χ2n) is 2.73. The molecule has 0 saturated carbocycles. The van der Waals surface area contributed by atoms with Crippen LogP contribution in [0.2, 0.25) is 0 Å². The highest BCUT2D eigenvalue weighted by Crippen LogP contribution is 2.24. The Balaban J connectivity index is 2.35. The van der Waals surface area contributed by atoms with E-state index < -0.39 is 0 Å². The van der Waals surface area contributed by atoms with E-state index in [0.29, 0.717) is 0 Å². The molecule has 0 radical (unpaired) electrons. The van der Waals surface area contributed by atoms with E-state index in [2.05, 4.69) is 24.0 Å². The number of fused-ring (bicyclic) bond motifs is 1. The van der Waals surface area contributed by atoms with E-state index >= 15 is 0 Å². The summed E-state index contributed by atoms with van der Waals surface area (Å²) in [5.74, 6) is 0. The molecular formula is C7H10N3PS. The highest BCUT2D eigenvalue weighted by Gasteiger charge is 2.17. The van der Waals surface area contributed by atoms with E-state index in [9.17, 15) is 0 Å². The van der Waals surface area contributed by atoms with E-state index in [0.717, 1.165) is 18.2 Å². The predicted molar refractivity (Wildman–Crippen MR) is 52.8 cm³/mol. The predicted octanol–water partition coefficient (Wildman–Crippen LogP) is 1.30. The molecule has 1 unspecified atom stereocenters. The minimum Gasteiger partial charge on any atom is -0.277 e. The smallest absolute Gasteiger partial charge is 0.187 e. The fourth-order valence-electron chi connectivity index (χ4n) is 1.26. The van der Waals surface area contributed by atoms with Crippen molar-refractivity contribution in [2.45, 2.75) is 18.2 Å². The Morgan fingerprint density at radius 2 is 2.42 bits per heavy atom. The third-order valence-electron chi connectivity index (χ3n) is 1.84. The fraction of sp³-hybridized carbons (Fsp3) is 0.429. The van der Waals surface area contributed by atoms with Gasteiger partial charge in [-0.25, -0.2) is 9.97 Å². The van der Waals surface area contributed by atoms with Crippen molar-refractivity contribution in [3.63, 3.8) is 0 Å². The second-order valence-corrected chi connectivity index (χ2v) is 4.24. The molecule has 0 aliphatic carbocycles. The van der Waals surface area contributed by atoms with E-state index in [1.165, 1.54) is 11.3 Å². The van der Waals surface area contributed by atoms with Gasteiger partial charge in [0.05, 0.1) is 5.69 Å². The van der Waals surface area contributed by atoms with Gasteiger partial charge in [0.15, 0.2) is 5.16 Å². The molecular weight excluding hydrogens is 189 g/mol. The van der Waals surface area contributed by atoms with E-state index in [1.807, 2.05) is 12.5 Å². The summed E-state index contributed by atoms with van der Waals surface area (Å²) in [5.41, 5.74) is 2.42. The van der Waals surface area contributed by atoms with Crippen molar-refractivity contribution < 1.29 is 0 Å². The van der Waals surface area contributed by atoms with Crippen LogP contribution in [0, 0.1) is 0 Å². The molecule has 5 heteroatoms. The van der Waals surface area contributed by atoms with Crippen molar-refractivity contribution in [2.24, 2.45) is 0 Å². The SMILES string of the molecule is CSc1ncc2c(n1)CN(P)C2. The van der Waals surface area contributed by atoms with Crippen LogP contribution in [0.4, 0.5) is 0 Å². The first-order valence-electron chi connectivity index (χ1n) is 3.68. The summed E-state index contributed by atoms with van der Waals surface area (Å²) in [6.07, 6.45) is 3.92. The van der Waals surface area contributed by atoms with Crippen molar-refractivity contribution in [2.75, 3.05) is 6.26 Å². The van der Waals surface area contributed by atoms with Crippen molar-refractivity contribution in [3.8, 4) is 0 Å². The topological polar surface area (TPSA) is 29.0 Å². The fourth-order valence-corrected chi connectivity index (χ4v) is 1.99. The van der Waals surface area contributed by atoms with Gasteiger partial charge in [-0.1, -0.05) is 21.2 Å². The van der Waals surface area contributed by atoms with Gasteiger partial charge in [0.2, 0.25) is 0 Å². The van der Waals surface area contributed by atoms with Gasteiger partial charge in [-0.05, 0) is 6.26 Å². The standard InChI is InChI=1S/C7H10N3PS/c1-12-7-8-2-5-3-10(11)4-6(5)9-7/h2H,3-4,11H2,1H3. The molecule has 1 aromatic rings. The maximum absolute atomic E-state index is 4.42. The minimum atomic E-state index is 0.869. The first-order chi connectivity index (χ1) is 5.79. The summed E-state index contributed by atoms with van der Waals surface area (Å²) >= 11 is 1.59. The van der Waals surface area contributed by atoms with Crippen molar-refractivity contribution in [1.82, 2.24) is 14.6 Å². The van der Waals surface area contributed by atoms with Crippen molar-refractivity contribution >= 4 is 21.2 Å². The highest BCUT2D eigenvalue weighted by molar-refractivity contribution is 7.98. The Kier molecular flexibility index (Phi) is 2.31. The summed E-state index contributed by atoms with van der Waals surface area (Å²) in [5, 5.41) is 0.869. The molecule has 0 saturated heterocycles. The Hall–Kier alpha value is -0.180. The summed E-state index contributed by atoms with van der Waals surface area (Å²) in [6, 6.07) is 0. The van der Waals surface area contributed by atoms with Gasteiger partial charge >= 0.3 is 0 Å². The largest absolute Gasteiger partial charge is 0.277 e. The molecule has 1 atom stereocenters. The average Bonchev–Trinajstić information content (AvgIpc) is 2.43. The lowest BCUT2D eigenvalue weighted by molar-refractivity contribution is 0.504. The number of nitrogens with zero attached hydrogens (tertiary/aromatic N) is 3. The van der Waals surface area contributed by atoms with Gasteiger partial charge in [-0.2, -0.15) is 0 Å². The molecule has 2 heterocycles. The maximum atomic E-state index is 4.42. The van der Waals surface area contributed by atoms with Crippen LogP contribution < -0.4 is 0 Å². The molecule has 0 N–H and O–H groups in total. The molecule has 0 spiro atoms. The zero-order valence-corrected chi connectivity index (χ0v) is 8.79. The van der Waals surface area contributed by atoms with E-state index in [4.69, 9.17) is 0 Å². The lowest BCUT2D eigenvalue weighted by Crippen LogP contribution is -1.98. The molecule has 1 aliphatic heterocycles. The first-order valence-corrected chi connectivity index (χ1v) is 5.42. The van der Waals surface area contributed by atoms with Gasteiger partial charge in [0.25, 0.3) is 0 Å².